The van der Waals surface area contributed by atoms with Crippen LogP contribution in [0, 0.1) is 0 Å². The minimum atomic E-state index is -0.0302. The van der Waals surface area contributed by atoms with Gasteiger partial charge in [-0.05, 0) is 24.8 Å². The molecular weight excluding hydrogens is 270 g/mol. The summed E-state index contributed by atoms with van der Waals surface area (Å²) in [5.74, 6) is 0.723. The average Bonchev–Trinajstić information content (AvgIpc) is 2.90. The van der Waals surface area contributed by atoms with E-state index in [0.717, 1.165) is 11.3 Å². The van der Waals surface area contributed by atoms with Crippen molar-refractivity contribution in [2.75, 3.05) is 0 Å². The number of unbranched alkanes of at least 4 members (excludes halogenated alkanes) is 3. The van der Waals surface area contributed by atoms with Crippen LogP contribution in [0.15, 0.2) is 16.2 Å². The van der Waals surface area contributed by atoms with E-state index in [-0.39, 0.29) is 5.56 Å². The van der Waals surface area contributed by atoms with E-state index in [1.807, 2.05) is 11.4 Å². The number of rotatable bonds is 8. The maximum absolute atomic E-state index is 11.8. The summed E-state index contributed by atoms with van der Waals surface area (Å²) in [7, 11) is 0. The maximum atomic E-state index is 11.8. The van der Waals surface area contributed by atoms with Crippen LogP contribution in [0.5, 0.6) is 0 Å². The zero-order chi connectivity index (χ0) is 14.4. The molecule has 0 aliphatic rings. The van der Waals surface area contributed by atoms with E-state index >= 15 is 0 Å². The third-order valence-electron chi connectivity index (χ3n) is 3.47. The van der Waals surface area contributed by atoms with Crippen LogP contribution in [0.2, 0.25) is 0 Å². The predicted molar refractivity (Wildman–Crippen MR) is 85.3 cm³/mol. The first-order valence-corrected chi connectivity index (χ1v) is 8.28. The van der Waals surface area contributed by atoms with Gasteiger partial charge in [-0.1, -0.05) is 32.6 Å². The van der Waals surface area contributed by atoms with Gasteiger partial charge in [-0.25, -0.2) is 4.98 Å². The first-order chi connectivity index (χ1) is 9.70. The van der Waals surface area contributed by atoms with Crippen molar-refractivity contribution in [1.82, 2.24) is 15.3 Å². The fourth-order valence-corrected chi connectivity index (χ4v) is 2.98. The summed E-state index contributed by atoms with van der Waals surface area (Å²) in [5.41, 5.74) is 0.767. The van der Waals surface area contributed by atoms with Crippen LogP contribution >= 0.6 is 11.3 Å². The zero-order valence-corrected chi connectivity index (χ0v) is 13.1. The Balaban J connectivity index is 1.84. The molecule has 0 radical (unpaired) electrons. The number of thiophene rings is 1. The van der Waals surface area contributed by atoms with Gasteiger partial charge in [0.15, 0.2) is 0 Å². The third kappa shape index (κ3) is 4.15. The quantitative estimate of drug-likeness (QED) is 0.733. The molecule has 2 aromatic rings. The molecule has 0 fully saturated rings. The Morgan fingerprint density at radius 3 is 3.05 bits per heavy atom. The lowest BCUT2D eigenvalue weighted by atomic mass is 10.1. The van der Waals surface area contributed by atoms with Crippen LogP contribution in [-0.4, -0.2) is 16.0 Å². The smallest absolute Gasteiger partial charge is 0.268 e. The van der Waals surface area contributed by atoms with Crippen molar-refractivity contribution in [3.8, 4) is 0 Å². The fraction of sp³-hybridized carbons (Fsp3) is 0.600. The van der Waals surface area contributed by atoms with E-state index in [1.54, 1.807) is 0 Å². The third-order valence-corrected chi connectivity index (χ3v) is 4.37. The van der Waals surface area contributed by atoms with Crippen LogP contribution in [0.4, 0.5) is 0 Å². The molecule has 4 nitrogen and oxygen atoms in total. The summed E-state index contributed by atoms with van der Waals surface area (Å²) in [5, 5.41) is 5.33. The van der Waals surface area contributed by atoms with Crippen LogP contribution in [-0.2, 0) is 6.54 Å². The first-order valence-electron chi connectivity index (χ1n) is 7.40. The number of nitrogens with zero attached hydrogens (tertiary/aromatic N) is 1. The molecule has 5 heteroatoms. The van der Waals surface area contributed by atoms with E-state index in [9.17, 15) is 4.79 Å². The molecule has 0 spiro atoms. The second kappa shape index (κ2) is 7.55. The Morgan fingerprint density at radius 1 is 1.40 bits per heavy atom. The van der Waals surface area contributed by atoms with Gasteiger partial charge in [0.2, 0.25) is 0 Å². The lowest BCUT2D eigenvalue weighted by molar-refractivity contribution is 0.476. The fourth-order valence-electron chi connectivity index (χ4n) is 2.26. The number of nitrogens with one attached hydrogen (secondary N) is 2. The molecule has 0 saturated carbocycles. The topological polar surface area (TPSA) is 57.8 Å². The highest BCUT2D eigenvalue weighted by molar-refractivity contribution is 7.17. The molecule has 0 aliphatic heterocycles. The molecule has 1 unspecified atom stereocenters. The largest absolute Gasteiger partial charge is 0.308 e. The molecule has 2 aromatic heterocycles. The van der Waals surface area contributed by atoms with Gasteiger partial charge in [-0.3, -0.25) is 4.79 Å². The van der Waals surface area contributed by atoms with E-state index < -0.39 is 0 Å². The monoisotopic (exact) mass is 293 g/mol. The Kier molecular flexibility index (Phi) is 5.73. The van der Waals surface area contributed by atoms with Crippen molar-refractivity contribution in [2.24, 2.45) is 0 Å². The number of aromatic amines is 1. The lowest BCUT2D eigenvalue weighted by Gasteiger charge is -2.13. The molecule has 110 valence electrons. The molecule has 0 aliphatic carbocycles. The minimum Gasteiger partial charge on any atom is -0.308 e. The predicted octanol–water partition coefficient (Wildman–Crippen LogP) is 3.43. The zero-order valence-electron chi connectivity index (χ0n) is 12.2. The van der Waals surface area contributed by atoms with Gasteiger partial charge in [-0.2, -0.15) is 0 Å². The highest BCUT2D eigenvalue weighted by Crippen LogP contribution is 2.13. The summed E-state index contributed by atoms with van der Waals surface area (Å²) < 4.78 is 0.710. The van der Waals surface area contributed by atoms with E-state index in [4.69, 9.17) is 0 Å². The molecule has 0 bridgehead atoms. The summed E-state index contributed by atoms with van der Waals surface area (Å²) in [4.78, 5) is 19.2. The Hall–Kier alpha value is -1.20. The summed E-state index contributed by atoms with van der Waals surface area (Å²) in [6, 6.07) is 2.35. The summed E-state index contributed by atoms with van der Waals surface area (Å²) in [6.45, 7) is 5.04. The van der Waals surface area contributed by atoms with Crippen LogP contribution < -0.4 is 10.9 Å². The van der Waals surface area contributed by atoms with Crippen molar-refractivity contribution >= 4 is 21.6 Å². The Bertz CT molecular complexity index is 590. The average molecular weight is 293 g/mol. The number of aromatic nitrogens is 2. The van der Waals surface area contributed by atoms with Crippen molar-refractivity contribution < 1.29 is 0 Å². The van der Waals surface area contributed by atoms with Crippen molar-refractivity contribution in [3.63, 3.8) is 0 Å². The molecule has 0 saturated heterocycles. The van der Waals surface area contributed by atoms with Crippen molar-refractivity contribution in [3.05, 3.63) is 27.6 Å². The molecule has 1 atom stereocenters. The number of hydrogen-bond donors (Lipinski definition) is 2. The maximum Gasteiger partial charge on any atom is 0.268 e. The SMILES string of the molecule is CCCCCCC(C)NCc1nc2ccsc2c(=O)[nH]1. The number of fused-ring (bicyclic) bond motifs is 1. The van der Waals surface area contributed by atoms with Crippen molar-refractivity contribution in [1.29, 1.82) is 0 Å². The second-order valence-electron chi connectivity index (χ2n) is 5.28. The molecular formula is C15H23N3OS. The van der Waals surface area contributed by atoms with Gasteiger partial charge in [0.25, 0.3) is 5.56 Å². The van der Waals surface area contributed by atoms with Gasteiger partial charge in [0, 0.05) is 6.04 Å². The van der Waals surface area contributed by atoms with E-state index in [0.29, 0.717) is 17.3 Å². The first kappa shape index (κ1) is 15.2. The second-order valence-corrected chi connectivity index (χ2v) is 6.19. The van der Waals surface area contributed by atoms with Gasteiger partial charge in [0.05, 0.1) is 12.1 Å². The van der Waals surface area contributed by atoms with Gasteiger partial charge in [0.1, 0.15) is 10.5 Å². The van der Waals surface area contributed by atoms with E-state index in [1.165, 1.54) is 43.4 Å². The summed E-state index contributed by atoms with van der Waals surface area (Å²) >= 11 is 1.44. The Labute approximate surface area is 123 Å². The highest BCUT2D eigenvalue weighted by Gasteiger charge is 2.06. The molecule has 2 heterocycles. The van der Waals surface area contributed by atoms with Gasteiger partial charge in [-0.15, -0.1) is 11.3 Å². The molecule has 0 amide bonds. The van der Waals surface area contributed by atoms with Crippen LogP contribution in [0.1, 0.15) is 51.8 Å². The van der Waals surface area contributed by atoms with Gasteiger partial charge >= 0.3 is 0 Å². The summed E-state index contributed by atoms with van der Waals surface area (Å²) in [6.07, 6.45) is 6.32. The molecule has 0 aromatic carbocycles. The lowest BCUT2D eigenvalue weighted by Crippen LogP contribution is -2.27. The molecule has 2 rings (SSSR count). The normalized spacial score (nSPS) is 12.9. The highest BCUT2D eigenvalue weighted by atomic mass is 32.1. The van der Waals surface area contributed by atoms with Gasteiger partial charge < -0.3 is 10.3 Å². The number of H-pyrrole nitrogens is 1. The standard InChI is InChI=1S/C15H23N3OS/c1-3-4-5-6-7-11(2)16-10-13-17-12-8-9-20-14(12)15(19)18-13/h8-9,11,16H,3-7,10H2,1-2H3,(H,17,18,19). The minimum absolute atomic E-state index is 0.0302. The van der Waals surface area contributed by atoms with E-state index in [2.05, 4.69) is 29.1 Å². The Morgan fingerprint density at radius 2 is 2.25 bits per heavy atom. The molecule has 2 N–H and O–H groups in total. The van der Waals surface area contributed by atoms with Crippen LogP contribution in [0.3, 0.4) is 0 Å². The molecule has 20 heavy (non-hydrogen) atoms. The van der Waals surface area contributed by atoms with Crippen molar-refractivity contribution in [2.45, 2.75) is 58.5 Å². The number of hydrogen-bond acceptors (Lipinski definition) is 4. The van der Waals surface area contributed by atoms with Crippen LogP contribution in [0.25, 0.3) is 10.2 Å².